The second-order valence-electron chi connectivity index (χ2n) is 6.47. The molecule has 1 amide bonds. The van der Waals surface area contributed by atoms with Crippen LogP contribution in [0.15, 0.2) is 47.4 Å². The summed E-state index contributed by atoms with van der Waals surface area (Å²) >= 11 is 5.83. The number of nitrogens with zero attached hydrogens (tertiary/aromatic N) is 1. The Morgan fingerprint density at radius 1 is 1.27 bits per heavy atom. The van der Waals surface area contributed by atoms with E-state index in [2.05, 4.69) is 0 Å². The summed E-state index contributed by atoms with van der Waals surface area (Å²) < 4.78 is 25.4. The summed E-state index contributed by atoms with van der Waals surface area (Å²) in [5.41, 5.74) is 3.79. The van der Waals surface area contributed by atoms with Crippen LogP contribution in [0.4, 0.5) is 5.69 Å². The van der Waals surface area contributed by atoms with Crippen LogP contribution in [0.1, 0.15) is 15.9 Å². The predicted molar refractivity (Wildman–Crippen MR) is 99.7 cm³/mol. The van der Waals surface area contributed by atoms with Gasteiger partial charge < -0.3 is 4.90 Å². The molecule has 0 radical (unpaired) electrons. The molecule has 1 atom stereocenters. The highest BCUT2D eigenvalue weighted by Gasteiger charge is 2.28. The molecule has 0 aromatic heterocycles. The van der Waals surface area contributed by atoms with E-state index in [1.165, 1.54) is 12.1 Å². The SMILES string of the molecule is CN1CC(CS(=O)(=O)c2ccc(Cl)cc2)Cc2cc(C(=O)NO)ccc21. The number of anilines is 1. The predicted octanol–water partition coefficient (Wildman–Crippen LogP) is 2.54. The lowest BCUT2D eigenvalue weighted by atomic mass is 9.92. The summed E-state index contributed by atoms with van der Waals surface area (Å²) in [5.74, 6) is -0.693. The maximum absolute atomic E-state index is 12.7. The highest BCUT2D eigenvalue weighted by molar-refractivity contribution is 7.91. The molecule has 0 bridgehead atoms. The van der Waals surface area contributed by atoms with Crippen LogP contribution in [0.25, 0.3) is 0 Å². The van der Waals surface area contributed by atoms with Crippen LogP contribution in [-0.4, -0.2) is 38.9 Å². The van der Waals surface area contributed by atoms with Crippen molar-refractivity contribution in [1.82, 2.24) is 5.48 Å². The van der Waals surface area contributed by atoms with E-state index in [-0.39, 0.29) is 16.6 Å². The molecule has 0 aliphatic carbocycles. The Labute approximate surface area is 157 Å². The van der Waals surface area contributed by atoms with Gasteiger partial charge in [0.2, 0.25) is 0 Å². The molecular formula is C18H19ClN2O4S. The van der Waals surface area contributed by atoms with Crippen molar-refractivity contribution in [3.63, 3.8) is 0 Å². The lowest BCUT2D eigenvalue weighted by molar-refractivity contribution is 0.0706. The number of sulfone groups is 1. The fraction of sp³-hybridized carbons (Fsp3) is 0.278. The average Bonchev–Trinajstić information content (AvgIpc) is 2.60. The van der Waals surface area contributed by atoms with Crippen LogP contribution in [0.5, 0.6) is 0 Å². The van der Waals surface area contributed by atoms with Gasteiger partial charge in [0.05, 0.1) is 10.6 Å². The topological polar surface area (TPSA) is 86.7 Å². The number of rotatable bonds is 4. The van der Waals surface area contributed by atoms with Crippen LogP contribution in [0.2, 0.25) is 5.02 Å². The van der Waals surface area contributed by atoms with Crippen molar-refractivity contribution >= 4 is 33.0 Å². The van der Waals surface area contributed by atoms with Gasteiger partial charge in [-0.05, 0) is 60.4 Å². The van der Waals surface area contributed by atoms with Crippen molar-refractivity contribution in [2.75, 3.05) is 24.2 Å². The number of nitrogens with one attached hydrogen (secondary N) is 1. The molecule has 0 fully saturated rings. The molecule has 2 aromatic rings. The first-order valence-electron chi connectivity index (χ1n) is 8.07. The first kappa shape index (κ1) is 18.7. The van der Waals surface area contributed by atoms with Gasteiger partial charge in [0.15, 0.2) is 9.84 Å². The Kier molecular flexibility index (Phi) is 5.22. The van der Waals surface area contributed by atoms with Crippen molar-refractivity contribution < 1.29 is 18.4 Å². The fourth-order valence-corrected chi connectivity index (χ4v) is 5.06. The number of hydrogen-bond acceptors (Lipinski definition) is 5. The Hall–Kier alpha value is -2.09. The van der Waals surface area contributed by atoms with Crippen molar-refractivity contribution in [2.24, 2.45) is 5.92 Å². The largest absolute Gasteiger partial charge is 0.374 e. The Morgan fingerprint density at radius 2 is 1.96 bits per heavy atom. The zero-order valence-electron chi connectivity index (χ0n) is 14.1. The van der Waals surface area contributed by atoms with Crippen molar-refractivity contribution in [3.8, 4) is 0 Å². The number of amides is 1. The minimum Gasteiger partial charge on any atom is -0.374 e. The van der Waals surface area contributed by atoms with Gasteiger partial charge in [0.25, 0.3) is 5.91 Å². The Morgan fingerprint density at radius 3 is 2.62 bits per heavy atom. The van der Waals surface area contributed by atoms with Crippen LogP contribution >= 0.6 is 11.6 Å². The first-order chi connectivity index (χ1) is 12.3. The normalized spacial score (nSPS) is 16.9. The minimum absolute atomic E-state index is 0.00877. The molecule has 8 heteroatoms. The van der Waals surface area contributed by atoms with E-state index in [0.717, 1.165) is 11.3 Å². The third-order valence-corrected chi connectivity index (χ3v) is 6.68. The van der Waals surface area contributed by atoms with Gasteiger partial charge in [-0.3, -0.25) is 10.0 Å². The van der Waals surface area contributed by atoms with E-state index in [0.29, 0.717) is 23.6 Å². The summed E-state index contributed by atoms with van der Waals surface area (Å²) in [6, 6.07) is 11.3. The van der Waals surface area contributed by atoms with Crippen LogP contribution in [0.3, 0.4) is 0 Å². The number of carbonyl (C=O) groups is 1. The standard InChI is InChI=1S/C18H19ClN2O4S/c1-21-10-12(11-26(24,25)16-5-3-15(19)4-6-16)8-14-9-13(18(22)20-23)2-7-17(14)21/h2-7,9,12,23H,8,10-11H2,1H3,(H,20,22). The molecule has 2 N–H and O–H groups in total. The van der Waals surface area contributed by atoms with Crippen LogP contribution < -0.4 is 10.4 Å². The van der Waals surface area contributed by atoms with E-state index >= 15 is 0 Å². The molecule has 0 saturated carbocycles. The lowest BCUT2D eigenvalue weighted by Gasteiger charge is -2.33. The summed E-state index contributed by atoms with van der Waals surface area (Å²) in [6.07, 6.45) is 0.541. The molecule has 1 heterocycles. The fourth-order valence-electron chi connectivity index (χ4n) is 3.35. The maximum atomic E-state index is 12.7. The molecular weight excluding hydrogens is 376 g/mol. The summed E-state index contributed by atoms with van der Waals surface area (Å²) in [6.45, 7) is 0.603. The van der Waals surface area contributed by atoms with Crippen LogP contribution in [0, 0.1) is 5.92 Å². The third kappa shape index (κ3) is 3.85. The quantitative estimate of drug-likeness (QED) is 0.614. The van der Waals surface area contributed by atoms with Gasteiger partial charge in [-0.2, -0.15) is 0 Å². The molecule has 0 saturated heterocycles. The highest BCUT2D eigenvalue weighted by Crippen LogP contribution is 2.31. The molecule has 1 aliphatic heterocycles. The Bertz CT molecular complexity index is 929. The van der Waals surface area contributed by atoms with Crippen molar-refractivity contribution in [3.05, 3.63) is 58.6 Å². The number of hydroxylamine groups is 1. The van der Waals surface area contributed by atoms with E-state index in [9.17, 15) is 13.2 Å². The maximum Gasteiger partial charge on any atom is 0.274 e. The second kappa shape index (κ2) is 7.26. The van der Waals surface area contributed by atoms with Gasteiger partial charge in [0.1, 0.15) is 0 Å². The monoisotopic (exact) mass is 394 g/mol. The van der Waals surface area contributed by atoms with Crippen molar-refractivity contribution in [2.45, 2.75) is 11.3 Å². The molecule has 1 unspecified atom stereocenters. The lowest BCUT2D eigenvalue weighted by Crippen LogP contribution is -2.36. The smallest absolute Gasteiger partial charge is 0.274 e. The first-order valence-corrected chi connectivity index (χ1v) is 10.1. The number of hydrogen-bond donors (Lipinski definition) is 2. The Balaban J connectivity index is 1.83. The van der Waals surface area contributed by atoms with Gasteiger partial charge in [-0.15, -0.1) is 0 Å². The number of carbonyl (C=O) groups excluding carboxylic acids is 1. The van der Waals surface area contributed by atoms with Gasteiger partial charge in [0, 0.05) is 29.9 Å². The minimum atomic E-state index is -3.44. The molecule has 0 spiro atoms. The van der Waals surface area contributed by atoms with E-state index in [1.54, 1.807) is 29.7 Å². The van der Waals surface area contributed by atoms with Gasteiger partial charge >= 0.3 is 0 Å². The molecule has 1 aliphatic rings. The molecule has 3 rings (SSSR count). The summed E-state index contributed by atoms with van der Waals surface area (Å²) in [4.78, 5) is 13.9. The zero-order valence-corrected chi connectivity index (χ0v) is 15.7. The van der Waals surface area contributed by atoms with Gasteiger partial charge in [-0.1, -0.05) is 11.6 Å². The van der Waals surface area contributed by atoms with Crippen molar-refractivity contribution in [1.29, 1.82) is 0 Å². The third-order valence-electron chi connectivity index (χ3n) is 4.52. The highest BCUT2D eigenvalue weighted by atomic mass is 35.5. The van der Waals surface area contributed by atoms with E-state index < -0.39 is 15.7 Å². The molecule has 2 aromatic carbocycles. The summed E-state index contributed by atoms with van der Waals surface area (Å²) in [7, 11) is -1.54. The van der Waals surface area contributed by atoms with E-state index in [1.807, 2.05) is 18.0 Å². The average molecular weight is 395 g/mol. The zero-order chi connectivity index (χ0) is 18.9. The number of fused-ring (bicyclic) bond motifs is 1. The molecule has 26 heavy (non-hydrogen) atoms. The second-order valence-corrected chi connectivity index (χ2v) is 8.94. The van der Waals surface area contributed by atoms with Crippen LogP contribution in [-0.2, 0) is 16.3 Å². The number of halogens is 1. The van der Waals surface area contributed by atoms with Gasteiger partial charge in [-0.25, -0.2) is 13.9 Å². The van der Waals surface area contributed by atoms with E-state index in [4.69, 9.17) is 16.8 Å². The summed E-state index contributed by atoms with van der Waals surface area (Å²) in [5, 5.41) is 9.29. The molecule has 138 valence electrons. The number of benzene rings is 2. The molecule has 6 nitrogen and oxygen atoms in total.